The van der Waals surface area contributed by atoms with Gasteiger partial charge in [0.05, 0.1) is 0 Å². The van der Waals surface area contributed by atoms with E-state index in [9.17, 15) is 4.79 Å². The molecule has 0 N–H and O–H groups in total. The van der Waals surface area contributed by atoms with Gasteiger partial charge in [-0.2, -0.15) is 0 Å². The van der Waals surface area contributed by atoms with Crippen molar-refractivity contribution in [3.05, 3.63) is 9.67 Å². The average molecular weight is 285 g/mol. The SMILES string of the molecule is CCn1c([Se-])c([Se-])sc1=O. The van der Waals surface area contributed by atoms with Gasteiger partial charge < -0.3 is 0 Å². The molecule has 0 radical (unpaired) electrons. The summed E-state index contributed by atoms with van der Waals surface area (Å²) >= 11 is 6.93. The Morgan fingerprint density at radius 1 is 1.60 bits per heavy atom. The van der Waals surface area contributed by atoms with Crippen molar-refractivity contribution in [1.82, 2.24) is 4.57 Å². The van der Waals surface area contributed by atoms with Crippen molar-refractivity contribution in [2.75, 3.05) is 0 Å². The second kappa shape index (κ2) is 3.24. The van der Waals surface area contributed by atoms with Gasteiger partial charge in [0.2, 0.25) is 0 Å². The molecule has 2 nitrogen and oxygen atoms in total. The molecular formula is C5H5NOSSe2-2. The summed E-state index contributed by atoms with van der Waals surface area (Å²) in [6.45, 7) is 2.69. The van der Waals surface area contributed by atoms with Gasteiger partial charge in [-0.25, -0.2) is 0 Å². The molecule has 56 valence electrons. The van der Waals surface area contributed by atoms with Gasteiger partial charge in [-0.05, 0) is 0 Å². The number of aromatic nitrogens is 1. The summed E-state index contributed by atoms with van der Waals surface area (Å²) in [6, 6.07) is 0. The van der Waals surface area contributed by atoms with Crippen LogP contribution in [-0.2, 0) is 6.54 Å². The predicted molar refractivity (Wildman–Crippen MR) is 45.0 cm³/mol. The van der Waals surface area contributed by atoms with E-state index in [0.717, 1.165) is 14.9 Å². The average Bonchev–Trinajstić information content (AvgIpc) is 2.09. The van der Waals surface area contributed by atoms with E-state index >= 15 is 0 Å². The van der Waals surface area contributed by atoms with Gasteiger partial charge in [0, 0.05) is 0 Å². The van der Waals surface area contributed by atoms with Gasteiger partial charge in [0.1, 0.15) is 0 Å². The molecule has 0 aliphatic carbocycles. The van der Waals surface area contributed by atoms with Crippen molar-refractivity contribution in [1.29, 1.82) is 0 Å². The summed E-state index contributed by atoms with van der Waals surface area (Å²) < 4.78 is 3.58. The summed E-state index contributed by atoms with van der Waals surface area (Å²) in [5.74, 6) is 0. The maximum absolute atomic E-state index is 11.0. The molecule has 0 atom stereocenters. The maximum atomic E-state index is 11.0. The molecule has 0 bridgehead atoms. The molecule has 0 fully saturated rings. The van der Waals surface area contributed by atoms with Crippen LogP contribution >= 0.6 is 11.3 Å². The summed E-state index contributed by atoms with van der Waals surface area (Å²) in [7, 11) is 0. The molecular weight excluding hydrogens is 280 g/mol. The molecule has 1 rings (SSSR count). The molecule has 10 heavy (non-hydrogen) atoms. The van der Waals surface area contributed by atoms with Gasteiger partial charge in [0.15, 0.2) is 0 Å². The zero-order valence-corrected chi connectivity index (χ0v) is 9.53. The molecule has 0 amide bonds. The number of nitrogens with zero attached hydrogens (tertiary/aromatic N) is 1. The van der Waals surface area contributed by atoms with Gasteiger partial charge >= 0.3 is 79.4 Å². The molecule has 0 aliphatic heterocycles. The molecule has 0 saturated carbocycles. The fourth-order valence-corrected chi connectivity index (χ4v) is 2.85. The van der Waals surface area contributed by atoms with Gasteiger partial charge in [0.25, 0.3) is 0 Å². The van der Waals surface area contributed by atoms with Crippen LogP contribution in [-0.4, -0.2) is 36.6 Å². The number of hydrogen-bond donors (Lipinski definition) is 0. The minimum atomic E-state index is 0.102. The zero-order chi connectivity index (χ0) is 7.72. The van der Waals surface area contributed by atoms with Crippen molar-refractivity contribution >= 4 is 51.7 Å². The van der Waals surface area contributed by atoms with Crippen molar-refractivity contribution in [2.45, 2.75) is 13.5 Å². The van der Waals surface area contributed by atoms with E-state index in [-0.39, 0.29) is 4.87 Å². The van der Waals surface area contributed by atoms with Crippen LogP contribution in [0, 0.1) is 0 Å². The van der Waals surface area contributed by atoms with E-state index in [0.29, 0.717) is 0 Å². The predicted octanol–water partition coefficient (Wildman–Crippen LogP) is -1.48. The number of hydrogen-bond acceptors (Lipinski definition) is 2. The van der Waals surface area contributed by atoms with Crippen LogP contribution in [0.2, 0.25) is 0 Å². The van der Waals surface area contributed by atoms with Crippen molar-refractivity contribution < 1.29 is 0 Å². The topological polar surface area (TPSA) is 22.0 Å². The van der Waals surface area contributed by atoms with Gasteiger partial charge in [-0.1, -0.05) is 0 Å². The van der Waals surface area contributed by atoms with Crippen LogP contribution in [0.25, 0.3) is 0 Å². The van der Waals surface area contributed by atoms with Crippen molar-refractivity contribution in [3.8, 4) is 0 Å². The third-order valence-corrected chi connectivity index (χ3v) is 4.68. The summed E-state index contributed by atoms with van der Waals surface area (Å²) in [4.78, 5) is 11.1. The minimum absolute atomic E-state index is 0.102. The fraction of sp³-hybridized carbons (Fsp3) is 0.400. The van der Waals surface area contributed by atoms with Crippen LogP contribution in [0.1, 0.15) is 6.92 Å². The molecule has 0 aliphatic rings. The Balaban J connectivity index is 3.34. The van der Waals surface area contributed by atoms with Crippen molar-refractivity contribution in [2.24, 2.45) is 0 Å². The van der Waals surface area contributed by atoms with E-state index in [2.05, 4.69) is 32.0 Å². The molecule has 1 aromatic rings. The molecule has 0 unspecified atom stereocenters. The second-order valence-electron chi connectivity index (χ2n) is 1.70. The summed E-state index contributed by atoms with van der Waals surface area (Å²) in [5.41, 5.74) is 0. The molecule has 0 saturated heterocycles. The van der Waals surface area contributed by atoms with Crippen molar-refractivity contribution in [3.63, 3.8) is 0 Å². The molecule has 1 heterocycles. The summed E-state index contributed by atoms with van der Waals surface area (Å²) in [6.07, 6.45) is 0. The molecule has 0 spiro atoms. The normalized spacial score (nSPS) is 10.1. The van der Waals surface area contributed by atoms with Crippen LogP contribution < -0.4 is 13.2 Å². The van der Waals surface area contributed by atoms with Crippen LogP contribution in [0.5, 0.6) is 0 Å². The standard InChI is InChI=1S/C5H7NOSSe2/c1-2-6-3(9)4(10)8-5(6)7/h9-10H,2H2,1H3/p-2. The number of rotatable bonds is 1. The monoisotopic (exact) mass is 287 g/mol. The van der Waals surface area contributed by atoms with Gasteiger partial charge in [-0.3, -0.25) is 0 Å². The number of thiazole rings is 1. The Hall–Kier alpha value is 0.469. The Morgan fingerprint density at radius 2 is 2.20 bits per heavy atom. The van der Waals surface area contributed by atoms with Crippen LogP contribution in [0.3, 0.4) is 0 Å². The molecule has 5 heteroatoms. The molecule has 1 aromatic heterocycles. The third-order valence-electron chi connectivity index (χ3n) is 1.14. The Labute approximate surface area is 79.3 Å². The Morgan fingerprint density at radius 3 is 2.40 bits per heavy atom. The fourth-order valence-electron chi connectivity index (χ4n) is 0.644. The second-order valence-corrected chi connectivity index (χ2v) is 4.92. The quantitative estimate of drug-likeness (QED) is 0.577. The molecule has 0 aromatic carbocycles. The van der Waals surface area contributed by atoms with E-state index in [1.807, 2.05) is 6.92 Å². The van der Waals surface area contributed by atoms with E-state index in [4.69, 9.17) is 0 Å². The van der Waals surface area contributed by atoms with E-state index in [1.165, 1.54) is 11.3 Å². The first-order valence-electron chi connectivity index (χ1n) is 2.74. The Bertz CT molecular complexity index is 290. The first kappa shape index (κ1) is 8.56. The Kier molecular flexibility index (Phi) is 2.78. The first-order chi connectivity index (χ1) is 4.66. The summed E-state index contributed by atoms with van der Waals surface area (Å²) in [5, 5.41) is 0. The van der Waals surface area contributed by atoms with E-state index in [1.54, 1.807) is 4.57 Å². The van der Waals surface area contributed by atoms with E-state index < -0.39 is 0 Å². The third kappa shape index (κ3) is 1.39. The zero-order valence-electron chi connectivity index (χ0n) is 5.29. The van der Waals surface area contributed by atoms with Crippen LogP contribution in [0.15, 0.2) is 4.79 Å². The van der Waals surface area contributed by atoms with Gasteiger partial charge in [-0.15, -0.1) is 0 Å². The van der Waals surface area contributed by atoms with Crippen LogP contribution in [0.4, 0.5) is 0 Å². The first-order valence-corrected chi connectivity index (χ1v) is 5.27.